The number of H-pyrrole nitrogens is 1. The van der Waals surface area contributed by atoms with Gasteiger partial charge < -0.3 is 14.5 Å². The Bertz CT molecular complexity index is 705. The molecule has 4 rings (SSSR count). The minimum Gasteiger partial charge on any atom is -0.497 e. The first-order valence-corrected chi connectivity index (χ1v) is 9.57. The van der Waals surface area contributed by atoms with Gasteiger partial charge in [0.2, 0.25) is 0 Å². The maximum absolute atomic E-state index is 5.42. The largest absolute Gasteiger partial charge is 0.497 e. The Morgan fingerprint density at radius 2 is 1.69 bits per heavy atom. The molecule has 7 nitrogen and oxygen atoms in total. The highest BCUT2D eigenvalue weighted by atomic mass is 16.5. The number of benzene rings is 1. The molecule has 2 fully saturated rings. The fourth-order valence-electron chi connectivity index (χ4n) is 3.73. The molecule has 0 saturated carbocycles. The van der Waals surface area contributed by atoms with Gasteiger partial charge in [0.05, 0.1) is 37.9 Å². The summed E-state index contributed by atoms with van der Waals surface area (Å²) >= 11 is 0. The van der Waals surface area contributed by atoms with Crippen LogP contribution in [0.1, 0.15) is 5.82 Å². The molecule has 2 aliphatic heterocycles. The van der Waals surface area contributed by atoms with Crippen LogP contribution < -0.4 is 4.74 Å². The normalized spacial score (nSPS) is 20.7. The fraction of sp³-hybridized carbons (Fsp3) is 0.632. The van der Waals surface area contributed by atoms with Crippen molar-refractivity contribution in [3.63, 3.8) is 0 Å². The number of methoxy groups -OCH3 is 1. The zero-order valence-electron chi connectivity index (χ0n) is 15.6. The van der Waals surface area contributed by atoms with Gasteiger partial charge in [-0.05, 0) is 12.1 Å². The molecule has 1 N–H and O–H groups in total. The molecule has 0 atom stereocenters. The van der Waals surface area contributed by atoms with E-state index in [2.05, 4.69) is 19.7 Å². The van der Waals surface area contributed by atoms with E-state index in [1.165, 1.54) is 0 Å². The van der Waals surface area contributed by atoms with Crippen LogP contribution in [0.4, 0.5) is 0 Å². The van der Waals surface area contributed by atoms with Crippen molar-refractivity contribution in [3.8, 4) is 5.75 Å². The Kier molecular flexibility index (Phi) is 5.69. The van der Waals surface area contributed by atoms with Crippen LogP contribution in [0.2, 0.25) is 0 Å². The number of hydrogen-bond donors (Lipinski definition) is 1. The van der Waals surface area contributed by atoms with Gasteiger partial charge in [0.15, 0.2) is 0 Å². The molecule has 2 saturated heterocycles. The number of aromatic amines is 1. The Morgan fingerprint density at radius 3 is 2.42 bits per heavy atom. The minimum atomic E-state index is 0.863. The van der Waals surface area contributed by atoms with Crippen LogP contribution in [0.15, 0.2) is 18.2 Å². The number of imidazole rings is 1. The van der Waals surface area contributed by atoms with Gasteiger partial charge in [0.25, 0.3) is 0 Å². The quantitative estimate of drug-likeness (QED) is 0.831. The third-order valence-corrected chi connectivity index (χ3v) is 5.41. The zero-order valence-corrected chi connectivity index (χ0v) is 15.6. The molecular formula is C19H29N5O2. The highest BCUT2D eigenvalue weighted by Gasteiger charge is 2.19. The highest BCUT2D eigenvalue weighted by molar-refractivity contribution is 5.76. The molecular weight excluding hydrogens is 330 g/mol. The lowest BCUT2D eigenvalue weighted by Gasteiger charge is -2.36. The van der Waals surface area contributed by atoms with Gasteiger partial charge in [-0.1, -0.05) is 0 Å². The van der Waals surface area contributed by atoms with E-state index in [1.54, 1.807) is 7.11 Å². The van der Waals surface area contributed by atoms with E-state index in [0.717, 1.165) is 94.7 Å². The topological polar surface area (TPSA) is 56.9 Å². The maximum Gasteiger partial charge on any atom is 0.121 e. The number of piperazine rings is 1. The molecule has 26 heavy (non-hydrogen) atoms. The van der Waals surface area contributed by atoms with Crippen molar-refractivity contribution < 1.29 is 9.47 Å². The number of nitrogens with zero attached hydrogens (tertiary/aromatic N) is 4. The molecule has 142 valence electrons. The first kappa shape index (κ1) is 17.7. The summed E-state index contributed by atoms with van der Waals surface area (Å²) in [4.78, 5) is 15.7. The van der Waals surface area contributed by atoms with Crippen LogP contribution in [-0.2, 0) is 11.3 Å². The van der Waals surface area contributed by atoms with Gasteiger partial charge in [0, 0.05) is 58.4 Å². The molecule has 1 aromatic carbocycles. The first-order chi connectivity index (χ1) is 12.8. The average molecular weight is 359 g/mol. The van der Waals surface area contributed by atoms with Gasteiger partial charge >= 0.3 is 0 Å². The fourth-order valence-corrected chi connectivity index (χ4v) is 3.73. The summed E-state index contributed by atoms with van der Waals surface area (Å²) < 4.78 is 10.7. The van der Waals surface area contributed by atoms with Crippen LogP contribution >= 0.6 is 0 Å². The Hall–Kier alpha value is -1.67. The summed E-state index contributed by atoms with van der Waals surface area (Å²) in [7, 11) is 1.69. The van der Waals surface area contributed by atoms with E-state index < -0.39 is 0 Å². The highest BCUT2D eigenvalue weighted by Crippen LogP contribution is 2.19. The lowest BCUT2D eigenvalue weighted by atomic mass is 10.3. The van der Waals surface area contributed by atoms with Gasteiger partial charge in [0.1, 0.15) is 11.6 Å². The van der Waals surface area contributed by atoms with Crippen molar-refractivity contribution in [1.82, 2.24) is 24.7 Å². The third-order valence-electron chi connectivity index (χ3n) is 5.41. The number of hydrogen-bond acceptors (Lipinski definition) is 6. The summed E-state index contributed by atoms with van der Waals surface area (Å²) in [6.45, 7) is 11.6. The van der Waals surface area contributed by atoms with Crippen LogP contribution in [-0.4, -0.2) is 97.3 Å². The van der Waals surface area contributed by atoms with E-state index >= 15 is 0 Å². The molecule has 2 aliphatic rings. The van der Waals surface area contributed by atoms with Crippen molar-refractivity contribution >= 4 is 11.0 Å². The summed E-state index contributed by atoms with van der Waals surface area (Å²) in [5, 5.41) is 0. The molecule has 2 aromatic rings. The van der Waals surface area contributed by atoms with E-state index in [0.29, 0.717) is 0 Å². The van der Waals surface area contributed by atoms with E-state index in [4.69, 9.17) is 14.5 Å². The molecule has 0 spiro atoms. The zero-order chi connectivity index (χ0) is 17.8. The second-order valence-electron chi connectivity index (χ2n) is 7.14. The van der Waals surface area contributed by atoms with E-state index in [-0.39, 0.29) is 0 Å². The molecule has 0 amide bonds. The van der Waals surface area contributed by atoms with Gasteiger partial charge in [-0.15, -0.1) is 0 Å². The molecule has 0 unspecified atom stereocenters. The van der Waals surface area contributed by atoms with Crippen molar-refractivity contribution in [2.24, 2.45) is 0 Å². The van der Waals surface area contributed by atoms with Crippen molar-refractivity contribution in [2.75, 3.05) is 72.7 Å². The van der Waals surface area contributed by atoms with Crippen LogP contribution in [0.3, 0.4) is 0 Å². The number of aromatic nitrogens is 2. The third kappa shape index (κ3) is 4.35. The predicted octanol–water partition coefficient (Wildman–Crippen LogP) is 1.02. The number of morpholine rings is 1. The van der Waals surface area contributed by atoms with Crippen LogP contribution in [0.25, 0.3) is 11.0 Å². The lowest BCUT2D eigenvalue weighted by Crippen LogP contribution is -2.49. The van der Waals surface area contributed by atoms with Crippen LogP contribution in [0.5, 0.6) is 5.75 Å². The van der Waals surface area contributed by atoms with E-state index in [1.807, 2.05) is 18.2 Å². The average Bonchev–Trinajstić information content (AvgIpc) is 3.09. The molecule has 0 radical (unpaired) electrons. The van der Waals surface area contributed by atoms with Gasteiger partial charge in [-0.2, -0.15) is 0 Å². The SMILES string of the molecule is COc1ccc2nc(CN3CCN(CCN4CCOCC4)CC3)[nH]c2c1. The molecule has 0 bridgehead atoms. The second-order valence-corrected chi connectivity index (χ2v) is 7.14. The lowest BCUT2D eigenvalue weighted by molar-refractivity contribution is 0.0296. The Morgan fingerprint density at radius 1 is 1.00 bits per heavy atom. The Balaban J connectivity index is 1.24. The molecule has 3 heterocycles. The van der Waals surface area contributed by atoms with Crippen molar-refractivity contribution in [2.45, 2.75) is 6.54 Å². The monoisotopic (exact) mass is 359 g/mol. The summed E-state index contributed by atoms with van der Waals surface area (Å²) in [5.74, 6) is 1.90. The number of rotatable bonds is 6. The van der Waals surface area contributed by atoms with Gasteiger partial charge in [-0.3, -0.25) is 14.7 Å². The molecule has 1 aromatic heterocycles. The Labute approximate surface area is 154 Å². The summed E-state index contributed by atoms with van der Waals surface area (Å²) in [6.07, 6.45) is 0. The molecule has 0 aliphatic carbocycles. The van der Waals surface area contributed by atoms with Crippen molar-refractivity contribution in [1.29, 1.82) is 0 Å². The second kappa shape index (κ2) is 8.35. The summed E-state index contributed by atoms with van der Waals surface area (Å²) in [6, 6.07) is 5.98. The number of nitrogens with one attached hydrogen (secondary N) is 1. The van der Waals surface area contributed by atoms with Crippen LogP contribution in [0, 0.1) is 0 Å². The first-order valence-electron chi connectivity index (χ1n) is 9.57. The van der Waals surface area contributed by atoms with Gasteiger partial charge in [-0.25, -0.2) is 4.98 Å². The minimum absolute atomic E-state index is 0.863. The molecule has 7 heteroatoms. The smallest absolute Gasteiger partial charge is 0.121 e. The standard InChI is InChI=1S/C19H29N5O2/c1-25-16-2-3-17-18(14-16)21-19(20-17)15-24-8-6-22(7-9-24)4-5-23-10-12-26-13-11-23/h2-3,14H,4-13,15H2,1H3,(H,20,21). The van der Waals surface area contributed by atoms with E-state index in [9.17, 15) is 0 Å². The predicted molar refractivity (Wildman–Crippen MR) is 102 cm³/mol. The van der Waals surface area contributed by atoms with Crippen molar-refractivity contribution in [3.05, 3.63) is 24.0 Å². The number of ether oxygens (including phenoxy) is 2. The number of fused-ring (bicyclic) bond motifs is 1. The maximum atomic E-state index is 5.42. The summed E-state index contributed by atoms with van der Waals surface area (Å²) in [5.41, 5.74) is 2.05.